The average molecular weight is 373 g/mol. The first-order valence-electron chi connectivity index (χ1n) is 9.03. The molecule has 26 heavy (non-hydrogen) atoms. The molecular weight excluding hydrogens is 350 g/mol. The Morgan fingerprint density at radius 2 is 1.73 bits per heavy atom. The predicted molar refractivity (Wildman–Crippen MR) is 99.3 cm³/mol. The van der Waals surface area contributed by atoms with E-state index in [1.165, 1.54) is 0 Å². The smallest absolute Gasteiger partial charge is 0.179 e. The van der Waals surface area contributed by atoms with E-state index in [-0.39, 0.29) is 5.75 Å². The van der Waals surface area contributed by atoms with Gasteiger partial charge in [-0.2, -0.15) is 0 Å². The van der Waals surface area contributed by atoms with E-state index in [1.54, 1.807) is 12.1 Å². The molecule has 0 aliphatic carbocycles. The number of hydrogen-bond donors (Lipinski definition) is 0. The maximum atomic E-state index is 12.5. The summed E-state index contributed by atoms with van der Waals surface area (Å²) in [7, 11) is -3.21. The van der Waals surface area contributed by atoms with Gasteiger partial charge in [0.2, 0.25) is 0 Å². The lowest BCUT2D eigenvalue weighted by atomic mass is 10.1. The molecule has 2 aromatic carbocycles. The largest absolute Gasteiger partial charge is 0.490 e. The summed E-state index contributed by atoms with van der Waals surface area (Å²) >= 11 is 0. The van der Waals surface area contributed by atoms with Gasteiger partial charge in [0.1, 0.15) is 0 Å². The molecule has 0 spiro atoms. The molecule has 0 atom stereocenters. The topological polar surface area (TPSA) is 55.8 Å². The number of sulfone groups is 1. The van der Waals surface area contributed by atoms with Gasteiger partial charge in [0.25, 0.3) is 0 Å². The SMILES string of the molecule is O=S1(=O)CCN(Cc2ccc3c(c2)OCCCCO3)Cc2ccccc21. The Morgan fingerprint density at radius 3 is 2.58 bits per heavy atom. The summed E-state index contributed by atoms with van der Waals surface area (Å²) in [5.41, 5.74) is 1.97. The highest BCUT2D eigenvalue weighted by Gasteiger charge is 2.25. The zero-order valence-electron chi connectivity index (χ0n) is 14.7. The molecular formula is C20H23NO4S. The lowest BCUT2D eigenvalue weighted by Gasteiger charge is -2.22. The van der Waals surface area contributed by atoms with Gasteiger partial charge in [-0.15, -0.1) is 0 Å². The average Bonchev–Trinajstić information content (AvgIpc) is 2.73. The quantitative estimate of drug-likeness (QED) is 0.810. The molecule has 2 aromatic rings. The van der Waals surface area contributed by atoms with Crippen molar-refractivity contribution in [1.29, 1.82) is 0 Å². The molecule has 0 unspecified atom stereocenters. The number of nitrogens with zero attached hydrogens (tertiary/aromatic N) is 1. The molecule has 0 aromatic heterocycles. The Bertz CT molecular complexity index is 894. The van der Waals surface area contributed by atoms with E-state index in [4.69, 9.17) is 9.47 Å². The fourth-order valence-electron chi connectivity index (χ4n) is 3.46. The monoisotopic (exact) mass is 373 g/mol. The zero-order valence-corrected chi connectivity index (χ0v) is 15.5. The maximum absolute atomic E-state index is 12.5. The Morgan fingerprint density at radius 1 is 0.962 bits per heavy atom. The lowest BCUT2D eigenvalue weighted by Crippen LogP contribution is -2.25. The third-order valence-corrected chi connectivity index (χ3v) is 6.63. The van der Waals surface area contributed by atoms with Gasteiger partial charge >= 0.3 is 0 Å². The second kappa shape index (κ2) is 7.29. The second-order valence-electron chi connectivity index (χ2n) is 6.82. The van der Waals surface area contributed by atoms with Crippen LogP contribution in [-0.4, -0.2) is 38.8 Å². The van der Waals surface area contributed by atoms with Crippen molar-refractivity contribution in [2.24, 2.45) is 0 Å². The fraction of sp³-hybridized carbons (Fsp3) is 0.400. The summed E-state index contributed by atoms with van der Waals surface area (Å²) in [5.74, 6) is 1.72. The number of fused-ring (bicyclic) bond motifs is 2. The highest BCUT2D eigenvalue weighted by atomic mass is 32.2. The molecule has 5 nitrogen and oxygen atoms in total. The Labute approximate surface area is 154 Å². The van der Waals surface area contributed by atoms with Gasteiger partial charge < -0.3 is 9.47 Å². The molecule has 4 rings (SSSR count). The van der Waals surface area contributed by atoms with Crippen LogP contribution in [0.15, 0.2) is 47.4 Å². The van der Waals surface area contributed by atoms with Crippen LogP contribution < -0.4 is 9.47 Å². The van der Waals surface area contributed by atoms with Crippen molar-refractivity contribution in [3.05, 3.63) is 53.6 Å². The van der Waals surface area contributed by atoms with Crippen LogP contribution in [0.5, 0.6) is 11.5 Å². The van der Waals surface area contributed by atoms with E-state index in [0.717, 1.165) is 42.1 Å². The number of benzene rings is 2. The van der Waals surface area contributed by atoms with Crippen molar-refractivity contribution >= 4 is 9.84 Å². The lowest BCUT2D eigenvalue weighted by molar-refractivity contribution is 0.222. The molecule has 0 N–H and O–H groups in total. The molecule has 0 fully saturated rings. The molecule has 0 amide bonds. The van der Waals surface area contributed by atoms with E-state index in [2.05, 4.69) is 4.90 Å². The van der Waals surface area contributed by atoms with Crippen molar-refractivity contribution in [1.82, 2.24) is 4.90 Å². The van der Waals surface area contributed by atoms with Crippen LogP contribution in [0.25, 0.3) is 0 Å². The minimum Gasteiger partial charge on any atom is -0.490 e. The summed E-state index contributed by atoms with van der Waals surface area (Å²) in [6, 6.07) is 13.3. The normalized spacial score (nSPS) is 19.7. The number of hydrogen-bond acceptors (Lipinski definition) is 5. The summed E-state index contributed by atoms with van der Waals surface area (Å²) < 4.78 is 36.6. The van der Waals surface area contributed by atoms with Crippen LogP contribution in [0.3, 0.4) is 0 Å². The summed E-state index contributed by atoms with van der Waals surface area (Å²) in [5, 5.41) is 0. The summed E-state index contributed by atoms with van der Waals surface area (Å²) in [6.45, 7) is 3.25. The highest BCUT2D eigenvalue weighted by Crippen LogP contribution is 2.31. The first kappa shape index (κ1) is 17.4. The molecule has 0 saturated carbocycles. The zero-order chi connectivity index (χ0) is 18.0. The van der Waals surface area contributed by atoms with Crippen molar-refractivity contribution in [2.45, 2.75) is 30.8 Å². The van der Waals surface area contributed by atoms with Crippen LogP contribution in [0, 0.1) is 0 Å². The van der Waals surface area contributed by atoms with Crippen LogP contribution in [0.1, 0.15) is 24.0 Å². The third-order valence-electron chi connectivity index (χ3n) is 4.85. The summed E-state index contributed by atoms with van der Waals surface area (Å²) in [6.07, 6.45) is 1.99. The Hall–Kier alpha value is -2.05. The first-order valence-corrected chi connectivity index (χ1v) is 10.7. The van der Waals surface area contributed by atoms with Crippen molar-refractivity contribution in [3.63, 3.8) is 0 Å². The van der Waals surface area contributed by atoms with Gasteiger partial charge in [-0.25, -0.2) is 8.42 Å². The Kier molecular flexibility index (Phi) is 4.87. The first-order chi connectivity index (χ1) is 12.6. The number of rotatable bonds is 2. The van der Waals surface area contributed by atoms with Crippen molar-refractivity contribution in [2.75, 3.05) is 25.5 Å². The molecule has 138 valence electrons. The van der Waals surface area contributed by atoms with Gasteiger partial charge in [-0.1, -0.05) is 24.3 Å². The molecule has 2 aliphatic rings. The second-order valence-corrected chi connectivity index (χ2v) is 8.90. The van der Waals surface area contributed by atoms with E-state index < -0.39 is 9.84 Å². The predicted octanol–water partition coefficient (Wildman–Crippen LogP) is 3.03. The molecule has 2 aliphatic heterocycles. The standard InChI is InChI=1S/C20H23NO4S/c22-26(23)12-9-21(15-17-5-1-2-6-20(17)26)14-16-7-8-18-19(13-16)25-11-4-3-10-24-18/h1-2,5-8,13H,3-4,9-12,14-15H2. The molecule has 6 heteroatoms. The van der Waals surface area contributed by atoms with Crippen LogP contribution in [0.2, 0.25) is 0 Å². The minimum absolute atomic E-state index is 0.147. The highest BCUT2D eigenvalue weighted by molar-refractivity contribution is 7.91. The Balaban J connectivity index is 1.55. The van der Waals surface area contributed by atoms with Crippen LogP contribution in [-0.2, 0) is 22.9 Å². The number of ether oxygens (including phenoxy) is 2. The van der Waals surface area contributed by atoms with Crippen molar-refractivity contribution in [3.8, 4) is 11.5 Å². The van der Waals surface area contributed by atoms with Gasteiger partial charge in [0.15, 0.2) is 21.3 Å². The van der Waals surface area contributed by atoms with Crippen LogP contribution >= 0.6 is 0 Å². The molecule has 0 bridgehead atoms. The molecule has 2 heterocycles. The maximum Gasteiger partial charge on any atom is 0.179 e. The van der Waals surface area contributed by atoms with Gasteiger partial charge in [-0.3, -0.25) is 4.90 Å². The van der Waals surface area contributed by atoms with E-state index in [0.29, 0.717) is 31.1 Å². The van der Waals surface area contributed by atoms with Gasteiger partial charge in [-0.05, 0) is 42.2 Å². The molecule has 0 radical (unpaired) electrons. The summed E-state index contributed by atoms with van der Waals surface area (Å²) in [4.78, 5) is 2.65. The minimum atomic E-state index is -3.21. The van der Waals surface area contributed by atoms with Crippen molar-refractivity contribution < 1.29 is 17.9 Å². The van der Waals surface area contributed by atoms with E-state index in [9.17, 15) is 8.42 Å². The van der Waals surface area contributed by atoms with Crippen LogP contribution in [0.4, 0.5) is 0 Å². The van der Waals surface area contributed by atoms with Gasteiger partial charge in [0.05, 0.1) is 23.9 Å². The molecule has 0 saturated heterocycles. The van der Waals surface area contributed by atoms with E-state index >= 15 is 0 Å². The van der Waals surface area contributed by atoms with Gasteiger partial charge in [0, 0.05) is 19.6 Å². The third kappa shape index (κ3) is 3.71. The van der Waals surface area contributed by atoms with E-state index in [1.807, 2.05) is 30.3 Å². The fourth-order valence-corrected chi connectivity index (χ4v) is 5.00.